The van der Waals surface area contributed by atoms with Crippen LogP contribution in [-0.2, 0) is 0 Å². The van der Waals surface area contributed by atoms with Gasteiger partial charge in [0.2, 0.25) is 0 Å². The highest BCUT2D eigenvalue weighted by Gasteiger charge is 2.15. The van der Waals surface area contributed by atoms with Crippen LogP contribution in [0.3, 0.4) is 0 Å². The summed E-state index contributed by atoms with van der Waals surface area (Å²) in [4.78, 5) is 4.52. The Morgan fingerprint density at radius 2 is 2.00 bits per heavy atom. The fourth-order valence-electron chi connectivity index (χ4n) is 2.71. The van der Waals surface area contributed by atoms with E-state index in [2.05, 4.69) is 10.3 Å². The van der Waals surface area contributed by atoms with Crippen molar-refractivity contribution in [2.24, 2.45) is 0 Å². The van der Waals surface area contributed by atoms with E-state index in [9.17, 15) is 9.50 Å². The predicted octanol–water partition coefficient (Wildman–Crippen LogP) is 5.35. The molecule has 6 heteroatoms. The van der Waals surface area contributed by atoms with Gasteiger partial charge < -0.3 is 15.2 Å². The second-order valence-electron chi connectivity index (χ2n) is 5.64. The van der Waals surface area contributed by atoms with Crippen molar-refractivity contribution in [1.29, 1.82) is 0 Å². The molecule has 3 aromatic rings. The predicted molar refractivity (Wildman–Crippen MR) is 102 cm³/mol. The number of aromatic nitrogens is 1. The zero-order chi connectivity index (χ0) is 18.7. The molecule has 0 saturated heterocycles. The van der Waals surface area contributed by atoms with Crippen LogP contribution in [0.15, 0.2) is 48.5 Å². The topological polar surface area (TPSA) is 54.4 Å². The van der Waals surface area contributed by atoms with Gasteiger partial charge in [-0.1, -0.05) is 17.7 Å². The first-order valence-electron chi connectivity index (χ1n) is 8.11. The fraction of sp³-hybridized carbons (Fsp3) is 0.150. The van der Waals surface area contributed by atoms with Gasteiger partial charge >= 0.3 is 0 Å². The quantitative estimate of drug-likeness (QED) is 0.633. The Hall–Kier alpha value is -2.79. The Morgan fingerprint density at radius 1 is 1.19 bits per heavy atom. The molecule has 2 aromatic carbocycles. The summed E-state index contributed by atoms with van der Waals surface area (Å²) in [6.07, 6.45) is 0. The lowest BCUT2D eigenvalue weighted by molar-refractivity contribution is 0.408. The minimum Gasteiger partial charge on any atom is -0.507 e. The summed E-state index contributed by atoms with van der Waals surface area (Å²) in [5.74, 6) is 0.702. The minimum absolute atomic E-state index is 0.0241. The van der Waals surface area contributed by atoms with E-state index in [0.717, 1.165) is 0 Å². The number of pyridine rings is 1. The van der Waals surface area contributed by atoms with Crippen LogP contribution in [0, 0.1) is 5.82 Å². The lowest BCUT2D eigenvalue weighted by Crippen LogP contribution is -2.01. The Morgan fingerprint density at radius 3 is 2.65 bits per heavy atom. The number of benzene rings is 2. The number of hydrogen-bond donors (Lipinski definition) is 2. The van der Waals surface area contributed by atoms with Crippen LogP contribution in [0.5, 0.6) is 11.5 Å². The summed E-state index contributed by atoms with van der Waals surface area (Å²) in [5.41, 5.74) is 1.88. The summed E-state index contributed by atoms with van der Waals surface area (Å²) in [6.45, 7) is 2.59. The number of nitrogens with zero attached hydrogens (tertiary/aromatic N) is 1. The summed E-state index contributed by atoms with van der Waals surface area (Å²) in [5, 5.41) is 13.8. The van der Waals surface area contributed by atoms with E-state index in [-0.39, 0.29) is 5.75 Å². The van der Waals surface area contributed by atoms with Crippen LogP contribution in [0.2, 0.25) is 5.02 Å². The molecule has 0 amide bonds. The van der Waals surface area contributed by atoms with E-state index in [1.165, 1.54) is 19.2 Å². The lowest BCUT2D eigenvalue weighted by Gasteiger charge is -2.13. The van der Waals surface area contributed by atoms with E-state index in [4.69, 9.17) is 16.3 Å². The van der Waals surface area contributed by atoms with Gasteiger partial charge in [0.05, 0.1) is 17.8 Å². The van der Waals surface area contributed by atoms with Gasteiger partial charge in [0, 0.05) is 23.7 Å². The van der Waals surface area contributed by atoms with Gasteiger partial charge in [-0.3, -0.25) is 0 Å². The highest BCUT2D eigenvalue weighted by molar-refractivity contribution is 6.33. The van der Waals surface area contributed by atoms with E-state index < -0.39 is 5.82 Å². The zero-order valence-corrected chi connectivity index (χ0v) is 15.1. The molecule has 1 aromatic heterocycles. The Labute approximate surface area is 156 Å². The van der Waals surface area contributed by atoms with E-state index >= 15 is 0 Å². The molecule has 0 unspecified atom stereocenters. The molecule has 0 fully saturated rings. The van der Waals surface area contributed by atoms with Crippen molar-refractivity contribution >= 4 is 17.4 Å². The molecule has 0 bridgehead atoms. The van der Waals surface area contributed by atoms with Gasteiger partial charge in [-0.2, -0.15) is 0 Å². The zero-order valence-electron chi connectivity index (χ0n) is 14.4. The van der Waals surface area contributed by atoms with Crippen molar-refractivity contribution in [2.75, 3.05) is 19.0 Å². The molecule has 0 radical (unpaired) electrons. The summed E-state index contributed by atoms with van der Waals surface area (Å²) < 4.78 is 19.5. The van der Waals surface area contributed by atoms with Crippen molar-refractivity contribution in [3.05, 3.63) is 59.4 Å². The number of halogens is 2. The third-order valence-corrected chi connectivity index (χ3v) is 4.23. The Bertz CT molecular complexity index is 927. The Balaban J connectivity index is 2.19. The second kappa shape index (κ2) is 7.62. The van der Waals surface area contributed by atoms with Crippen molar-refractivity contribution in [1.82, 2.24) is 4.98 Å². The SMILES string of the molecule is CCNc1cc(-c2c(F)cccc2Cl)cc(-c2ccc(OC)cc2O)n1. The van der Waals surface area contributed by atoms with Crippen LogP contribution in [0.25, 0.3) is 22.4 Å². The number of nitrogens with one attached hydrogen (secondary N) is 1. The van der Waals surface area contributed by atoms with E-state index in [1.807, 2.05) is 6.92 Å². The summed E-state index contributed by atoms with van der Waals surface area (Å²) in [6, 6.07) is 12.9. The van der Waals surface area contributed by atoms with Gasteiger partial charge in [-0.15, -0.1) is 0 Å². The Kier molecular flexibility index (Phi) is 5.28. The first-order chi connectivity index (χ1) is 12.5. The van der Waals surface area contributed by atoms with Gasteiger partial charge in [0.1, 0.15) is 23.1 Å². The lowest BCUT2D eigenvalue weighted by atomic mass is 10.0. The number of phenolic OH excluding ortho intramolecular Hbond substituents is 1. The molecule has 26 heavy (non-hydrogen) atoms. The first-order valence-corrected chi connectivity index (χ1v) is 8.49. The molecule has 3 rings (SSSR count). The van der Waals surface area contributed by atoms with Crippen LogP contribution < -0.4 is 10.1 Å². The molecule has 0 aliphatic rings. The first kappa shape index (κ1) is 18.0. The maximum absolute atomic E-state index is 14.4. The van der Waals surface area contributed by atoms with Crippen LogP contribution in [-0.4, -0.2) is 23.7 Å². The van der Waals surface area contributed by atoms with Crippen LogP contribution in [0.1, 0.15) is 6.92 Å². The standard InChI is InChI=1S/C20H18ClFN2O2/c1-3-23-19-10-12(20-15(21)5-4-6-16(20)22)9-17(24-19)14-8-7-13(26-2)11-18(14)25/h4-11,25H,3H2,1-2H3,(H,23,24). The molecule has 1 heterocycles. The van der Waals surface area contributed by atoms with Gasteiger partial charge in [-0.05, 0) is 48.9 Å². The minimum atomic E-state index is -0.420. The summed E-state index contributed by atoms with van der Waals surface area (Å²) >= 11 is 6.22. The van der Waals surface area contributed by atoms with Crippen molar-refractivity contribution in [3.8, 4) is 33.9 Å². The van der Waals surface area contributed by atoms with E-state index in [0.29, 0.717) is 45.5 Å². The van der Waals surface area contributed by atoms with Crippen molar-refractivity contribution < 1.29 is 14.2 Å². The number of hydrogen-bond acceptors (Lipinski definition) is 4. The summed E-state index contributed by atoms with van der Waals surface area (Å²) in [7, 11) is 1.52. The van der Waals surface area contributed by atoms with Crippen molar-refractivity contribution in [2.45, 2.75) is 6.92 Å². The van der Waals surface area contributed by atoms with Crippen LogP contribution >= 0.6 is 11.6 Å². The number of rotatable bonds is 5. The third kappa shape index (κ3) is 3.58. The molecule has 4 nitrogen and oxygen atoms in total. The molecule has 0 aliphatic carbocycles. The largest absolute Gasteiger partial charge is 0.507 e. The van der Waals surface area contributed by atoms with Crippen LogP contribution in [0.4, 0.5) is 10.2 Å². The molecule has 2 N–H and O–H groups in total. The highest BCUT2D eigenvalue weighted by atomic mass is 35.5. The normalized spacial score (nSPS) is 10.6. The molecular weight excluding hydrogens is 355 g/mol. The van der Waals surface area contributed by atoms with E-state index in [1.54, 1.807) is 36.4 Å². The highest BCUT2D eigenvalue weighted by Crippen LogP contribution is 2.37. The molecule has 0 atom stereocenters. The number of anilines is 1. The molecular formula is C20H18ClFN2O2. The average molecular weight is 373 g/mol. The number of phenols is 1. The molecule has 0 saturated carbocycles. The third-order valence-electron chi connectivity index (χ3n) is 3.92. The maximum Gasteiger partial charge on any atom is 0.132 e. The maximum atomic E-state index is 14.4. The average Bonchev–Trinajstić information content (AvgIpc) is 2.61. The number of ether oxygens (including phenoxy) is 1. The fourth-order valence-corrected chi connectivity index (χ4v) is 2.99. The van der Waals surface area contributed by atoms with Gasteiger partial charge in [-0.25, -0.2) is 9.37 Å². The monoisotopic (exact) mass is 372 g/mol. The van der Waals surface area contributed by atoms with Gasteiger partial charge in [0.15, 0.2) is 0 Å². The smallest absolute Gasteiger partial charge is 0.132 e. The number of methoxy groups -OCH3 is 1. The molecule has 0 spiro atoms. The number of aromatic hydroxyl groups is 1. The molecule has 134 valence electrons. The second-order valence-corrected chi connectivity index (χ2v) is 6.04. The van der Waals surface area contributed by atoms with Gasteiger partial charge in [0.25, 0.3) is 0 Å². The van der Waals surface area contributed by atoms with Crippen molar-refractivity contribution in [3.63, 3.8) is 0 Å². The molecule has 0 aliphatic heterocycles.